The van der Waals surface area contributed by atoms with Gasteiger partial charge < -0.3 is 16.0 Å². The molecule has 0 fully saturated rings. The molecule has 2 rings (SSSR count). The van der Waals surface area contributed by atoms with E-state index in [1.54, 1.807) is 0 Å². The molecule has 0 unspecified atom stereocenters. The Morgan fingerprint density at radius 3 is 2.89 bits per heavy atom. The first-order valence-electron chi connectivity index (χ1n) is 6.55. The van der Waals surface area contributed by atoms with E-state index in [0.717, 1.165) is 30.9 Å². The largest absolute Gasteiger partial charge is 0.382 e. The number of hydrogen-bond donors (Lipinski definition) is 2. The molecule has 19 heavy (non-hydrogen) atoms. The number of nitrogens with two attached hydrogens (primary N) is 1. The molecule has 0 atom stereocenters. The lowest BCUT2D eigenvalue weighted by molar-refractivity contribution is 0.0944. The number of anilines is 2. The Hall–Kier alpha value is -1.56. The molecule has 0 radical (unpaired) electrons. The van der Waals surface area contributed by atoms with Gasteiger partial charge in [0.25, 0.3) is 5.91 Å². The highest BCUT2D eigenvalue weighted by Gasteiger charge is 2.21. The number of thiazole rings is 1. The van der Waals surface area contributed by atoms with E-state index in [4.69, 9.17) is 5.73 Å². The minimum atomic E-state index is -0.111. The molecule has 1 aromatic rings. The fourth-order valence-electron chi connectivity index (χ4n) is 2.06. The maximum absolute atomic E-state index is 12.1. The molecule has 6 heteroatoms. The van der Waals surface area contributed by atoms with Gasteiger partial charge in [-0.3, -0.25) is 4.79 Å². The Kier molecular flexibility index (Phi) is 4.42. The summed E-state index contributed by atoms with van der Waals surface area (Å²) in [6, 6.07) is 0.200. The van der Waals surface area contributed by atoms with Crippen LogP contribution in [-0.4, -0.2) is 30.5 Å². The summed E-state index contributed by atoms with van der Waals surface area (Å²) in [6.45, 7) is 3.01. The number of carbonyl (C=O) groups excluding carboxylic acids is 1. The fraction of sp³-hybridized carbons (Fsp3) is 0.538. The summed E-state index contributed by atoms with van der Waals surface area (Å²) >= 11 is 1.36. The molecule has 0 aliphatic heterocycles. The van der Waals surface area contributed by atoms with Crippen LogP contribution in [0.3, 0.4) is 0 Å². The second-order valence-electron chi connectivity index (χ2n) is 4.75. The van der Waals surface area contributed by atoms with Gasteiger partial charge in [-0.25, -0.2) is 4.98 Å². The number of nitrogens with zero attached hydrogens (tertiary/aromatic N) is 2. The quantitative estimate of drug-likeness (QED) is 0.809. The van der Waals surface area contributed by atoms with Crippen LogP contribution >= 0.6 is 11.3 Å². The van der Waals surface area contributed by atoms with Crippen molar-refractivity contribution in [2.45, 2.75) is 32.2 Å². The SMILES string of the molecule is CCCN(C)c1nc(N)c(C(=O)NC2CC=CC2)s1. The molecule has 1 amide bonds. The van der Waals surface area contributed by atoms with E-state index < -0.39 is 0 Å². The van der Waals surface area contributed by atoms with Crippen LogP contribution in [0.2, 0.25) is 0 Å². The molecule has 1 aromatic heterocycles. The summed E-state index contributed by atoms with van der Waals surface area (Å²) < 4.78 is 0. The Bertz CT molecular complexity index is 475. The van der Waals surface area contributed by atoms with Crippen molar-refractivity contribution in [2.24, 2.45) is 0 Å². The van der Waals surface area contributed by atoms with Gasteiger partial charge in [-0.2, -0.15) is 0 Å². The van der Waals surface area contributed by atoms with Gasteiger partial charge >= 0.3 is 0 Å². The van der Waals surface area contributed by atoms with Crippen molar-refractivity contribution in [1.82, 2.24) is 10.3 Å². The summed E-state index contributed by atoms with van der Waals surface area (Å²) in [6.07, 6.45) is 6.99. The van der Waals surface area contributed by atoms with Crippen molar-refractivity contribution in [3.05, 3.63) is 17.0 Å². The van der Waals surface area contributed by atoms with Gasteiger partial charge in [-0.1, -0.05) is 30.4 Å². The second kappa shape index (κ2) is 6.06. The molecule has 104 valence electrons. The Morgan fingerprint density at radius 2 is 2.26 bits per heavy atom. The predicted molar refractivity (Wildman–Crippen MR) is 79.7 cm³/mol. The summed E-state index contributed by atoms with van der Waals surface area (Å²) in [5.41, 5.74) is 5.85. The smallest absolute Gasteiger partial charge is 0.265 e. The third-order valence-electron chi connectivity index (χ3n) is 3.08. The number of aromatic nitrogens is 1. The van der Waals surface area contributed by atoms with Gasteiger partial charge in [-0.15, -0.1) is 0 Å². The third kappa shape index (κ3) is 3.26. The van der Waals surface area contributed by atoms with Crippen molar-refractivity contribution in [3.8, 4) is 0 Å². The lowest BCUT2D eigenvalue weighted by Crippen LogP contribution is -2.32. The van der Waals surface area contributed by atoms with Gasteiger partial charge in [0.15, 0.2) is 5.13 Å². The number of hydrogen-bond acceptors (Lipinski definition) is 5. The first-order valence-corrected chi connectivity index (χ1v) is 7.36. The minimum absolute atomic E-state index is 0.111. The zero-order valence-corrected chi connectivity index (χ0v) is 12.2. The molecule has 0 bridgehead atoms. The number of amides is 1. The van der Waals surface area contributed by atoms with E-state index in [1.807, 2.05) is 11.9 Å². The van der Waals surface area contributed by atoms with Crippen LogP contribution in [0.1, 0.15) is 35.9 Å². The van der Waals surface area contributed by atoms with E-state index in [9.17, 15) is 4.79 Å². The number of nitrogen functional groups attached to an aromatic ring is 1. The Balaban J connectivity index is 2.04. The van der Waals surface area contributed by atoms with Gasteiger partial charge in [0, 0.05) is 19.6 Å². The van der Waals surface area contributed by atoms with Crippen LogP contribution in [-0.2, 0) is 0 Å². The van der Waals surface area contributed by atoms with Crippen molar-refractivity contribution in [3.63, 3.8) is 0 Å². The third-order valence-corrected chi connectivity index (χ3v) is 4.26. The molecule has 0 aromatic carbocycles. The zero-order valence-electron chi connectivity index (χ0n) is 11.3. The van der Waals surface area contributed by atoms with Crippen LogP contribution in [0.5, 0.6) is 0 Å². The monoisotopic (exact) mass is 280 g/mol. The summed E-state index contributed by atoms with van der Waals surface area (Å²) in [5.74, 6) is 0.214. The lowest BCUT2D eigenvalue weighted by Gasteiger charge is -2.13. The van der Waals surface area contributed by atoms with Crippen molar-refractivity contribution < 1.29 is 4.79 Å². The molecule has 0 spiro atoms. The van der Waals surface area contributed by atoms with Gasteiger partial charge in [0.2, 0.25) is 0 Å². The molecule has 5 nitrogen and oxygen atoms in total. The maximum Gasteiger partial charge on any atom is 0.265 e. The minimum Gasteiger partial charge on any atom is -0.382 e. The van der Waals surface area contributed by atoms with Crippen LogP contribution in [0.15, 0.2) is 12.2 Å². The van der Waals surface area contributed by atoms with Gasteiger partial charge in [0.1, 0.15) is 10.7 Å². The zero-order chi connectivity index (χ0) is 13.8. The van der Waals surface area contributed by atoms with E-state index in [-0.39, 0.29) is 11.9 Å². The fourth-order valence-corrected chi connectivity index (χ4v) is 2.94. The Labute approximate surface area is 117 Å². The number of nitrogens with one attached hydrogen (secondary N) is 1. The summed E-state index contributed by atoms with van der Waals surface area (Å²) in [4.78, 5) is 19.0. The average Bonchev–Trinajstić information content (AvgIpc) is 2.98. The van der Waals surface area contributed by atoms with E-state index in [1.165, 1.54) is 11.3 Å². The van der Waals surface area contributed by atoms with E-state index in [0.29, 0.717) is 10.7 Å². The molecule has 1 aliphatic carbocycles. The highest BCUT2D eigenvalue weighted by molar-refractivity contribution is 7.18. The van der Waals surface area contributed by atoms with E-state index in [2.05, 4.69) is 29.4 Å². The van der Waals surface area contributed by atoms with Crippen molar-refractivity contribution in [1.29, 1.82) is 0 Å². The first-order chi connectivity index (χ1) is 9.11. The molecule has 1 heterocycles. The summed E-state index contributed by atoms with van der Waals surface area (Å²) in [7, 11) is 1.96. The van der Waals surface area contributed by atoms with Crippen LogP contribution < -0.4 is 16.0 Å². The normalized spacial score (nSPS) is 14.8. The molecular formula is C13H20N4OS. The second-order valence-corrected chi connectivity index (χ2v) is 5.72. The predicted octanol–water partition coefficient (Wildman–Crippen LogP) is 2.02. The average molecular weight is 280 g/mol. The van der Waals surface area contributed by atoms with Gasteiger partial charge in [0.05, 0.1) is 0 Å². The molecular weight excluding hydrogens is 260 g/mol. The lowest BCUT2D eigenvalue weighted by atomic mass is 10.2. The van der Waals surface area contributed by atoms with Crippen LogP contribution in [0, 0.1) is 0 Å². The van der Waals surface area contributed by atoms with Gasteiger partial charge in [-0.05, 0) is 19.3 Å². The van der Waals surface area contributed by atoms with Crippen molar-refractivity contribution >= 4 is 28.2 Å². The first kappa shape index (κ1) is 13.9. The highest BCUT2D eigenvalue weighted by atomic mass is 32.1. The van der Waals surface area contributed by atoms with Crippen LogP contribution in [0.25, 0.3) is 0 Å². The molecule has 0 saturated carbocycles. The molecule has 3 N–H and O–H groups in total. The topological polar surface area (TPSA) is 71.2 Å². The summed E-state index contributed by atoms with van der Waals surface area (Å²) in [5, 5.41) is 3.79. The maximum atomic E-state index is 12.1. The van der Waals surface area contributed by atoms with E-state index >= 15 is 0 Å². The van der Waals surface area contributed by atoms with Crippen LogP contribution in [0.4, 0.5) is 10.9 Å². The molecule has 0 saturated heterocycles. The highest BCUT2D eigenvalue weighted by Crippen LogP contribution is 2.27. The standard InChI is InChI=1S/C13H20N4OS/c1-3-8-17(2)13-16-11(14)10(19-13)12(18)15-9-6-4-5-7-9/h4-5,9H,3,6-8,14H2,1-2H3,(H,15,18). The van der Waals surface area contributed by atoms with Crippen molar-refractivity contribution in [2.75, 3.05) is 24.2 Å². The number of rotatable bonds is 5. The molecule has 1 aliphatic rings. The Morgan fingerprint density at radius 1 is 1.58 bits per heavy atom. The number of carbonyl (C=O) groups is 1.